The van der Waals surface area contributed by atoms with Gasteiger partial charge in [-0.1, -0.05) is 0 Å². The molecule has 2 atom stereocenters. The average molecular weight is 424 g/mol. The number of anilines is 2. The number of aliphatic hydroxyl groups is 2. The lowest BCUT2D eigenvalue weighted by Gasteiger charge is -2.17. The van der Waals surface area contributed by atoms with Crippen LogP contribution in [0.15, 0.2) is 6.33 Å². The average Bonchev–Trinajstić information content (AvgIpc) is 3.66. The summed E-state index contributed by atoms with van der Waals surface area (Å²) < 4.78 is 15.8. The second-order valence-corrected chi connectivity index (χ2v) is 7.97. The van der Waals surface area contributed by atoms with Crippen LogP contribution in [0.5, 0.6) is 0 Å². The number of ether oxygens (including phenoxy) is 3. The van der Waals surface area contributed by atoms with Crippen LogP contribution in [0.3, 0.4) is 0 Å². The van der Waals surface area contributed by atoms with Crippen molar-refractivity contribution in [3.05, 3.63) is 11.9 Å². The number of methoxy groups -OCH3 is 1. The highest BCUT2D eigenvalue weighted by molar-refractivity contribution is 5.99. The molecular weight excluding hydrogens is 392 g/mol. The SMILES string of the molecule is COC(=O)c1c(NC[C@@H](O)COCC2CC2)ncnc1NC[C@H](O)COCC1CC1. The van der Waals surface area contributed by atoms with Gasteiger partial charge in [0.25, 0.3) is 0 Å². The van der Waals surface area contributed by atoms with Gasteiger partial charge in [-0.15, -0.1) is 0 Å². The Kier molecular flexibility index (Phi) is 8.61. The molecule has 10 nitrogen and oxygen atoms in total. The summed E-state index contributed by atoms with van der Waals surface area (Å²) >= 11 is 0. The van der Waals surface area contributed by atoms with E-state index in [-0.39, 0.29) is 43.5 Å². The molecule has 0 radical (unpaired) electrons. The molecule has 0 amide bonds. The molecule has 30 heavy (non-hydrogen) atoms. The topological polar surface area (TPSA) is 135 Å². The van der Waals surface area contributed by atoms with Crippen molar-refractivity contribution in [1.82, 2.24) is 9.97 Å². The van der Waals surface area contributed by atoms with Gasteiger partial charge >= 0.3 is 5.97 Å². The van der Waals surface area contributed by atoms with Crippen molar-refractivity contribution < 1.29 is 29.2 Å². The predicted octanol–water partition coefficient (Wildman–Crippen LogP) is 0.662. The fraction of sp³-hybridized carbons (Fsp3) is 0.750. The molecule has 1 aromatic rings. The zero-order valence-electron chi connectivity index (χ0n) is 17.4. The third kappa shape index (κ3) is 7.67. The Morgan fingerprint density at radius 2 is 1.47 bits per heavy atom. The molecule has 0 saturated heterocycles. The molecule has 0 aliphatic heterocycles. The van der Waals surface area contributed by atoms with Crippen LogP contribution in [0.1, 0.15) is 36.0 Å². The van der Waals surface area contributed by atoms with E-state index in [2.05, 4.69) is 20.6 Å². The van der Waals surface area contributed by atoms with Crippen molar-refractivity contribution in [3.63, 3.8) is 0 Å². The number of nitrogens with one attached hydrogen (secondary N) is 2. The van der Waals surface area contributed by atoms with E-state index in [0.717, 1.165) is 0 Å². The van der Waals surface area contributed by atoms with Gasteiger partial charge in [-0.25, -0.2) is 14.8 Å². The summed E-state index contributed by atoms with van der Waals surface area (Å²) in [5.41, 5.74) is 0.109. The molecule has 0 aromatic carbocycles. The van der Waals surface area contributed by atoms with Gasteiger partial charge in [-0.3, -0.25) is 0 Å². The molecule has 0 bridgehead atoms. The van der Waals surface area contributed by atoms with Gasteiger partial charge in [0.15, 0.2) is 0 Å². The molecule has 1 heterocycles. The van der Waals surface area contributed by atoms with E-state index in [0.29, 0.717) is 25.0 Å². The third-order valence-corrected chi connectivity index (χ3v) is 4.97. The molecule has 2 aliphatic rings. The molecule has 0 unspecified atom stereocenters. The number of rotatable bonds is 15. The molecule has 2 fully saturated rings. The zero-order valence-corrected chi connectivity index (χ0v) is 17.4. The smallest absolute Gasteiger partial charge is 0.345 e. The first-order valence-corrected chi connectivity index (χ1v) is 10.5. The van der Waals surface area contributed by atoms with Gasteiger partial charge in [0.2, 0.25) is 0 Å². The van der Waals surface area contributed by atoms with Crippen molar-refractivity contribution in [1.29, 1.82) is 0 Å². The lowest BCUT2D eigenvalue weighted by molar-refractivity contribution is 0.0384. The summed E-state index contributed by atoms with van der Waals surface area (Å²) in [6.45, 7) is 2.06. The Balaban J connectivity index is 1.50. The molecule has 2 aliphatic carbocycles. The van der Waals surface area contributed by atoms with Crippen molar-refractivity contribution in [2.75, 3.05) is 57.3 Å². The Morgan fingerprint density at radius 3 is 1.87 bits per heavy atom. The maximum absolute atomic E-state index is 12.3. The normalized spacial score (nSPS) is 18.0. The second kappa shape index (κ2) is 11.4. The van der Waals surface area contributed by atoms with E-state index in [1.54, 1.807) is 0 Å². The first-order valence-electron chi connectivity index (χ1n) is 10.5. The van der Waals surface area contributed by atoms with E-state index in [1.165, 1.54) is 39.1 Å². The second-order valence-electron chi connectivity index (χ2n) is 7.97. The number of hydrogen-bond acceptors (Lipinski definition) is 10. The summed E-state index contributed by atoms with van der Waals surface area (Å²) in [5, 5.41) is 26.1. The largest absolute Gasteiger partial charge is 0.465 e. The third-order valence-electron chi connectivity index (χ3n) is 4.97. The monoisotopic (exact) mass is 424 g/mol. The molecule has 3 rings (SSSR count). The van der Waals surface area contributed by atoms with Crippen molar-refractivity contribution in [2.24, 2.45) is 11.8 Å². The minimum absolute atomic E-state index is 0.109. The number of hydrogen-bond donors (Lipinski definition) is 4. The fourth-order valence-electron chi connectivity index (χ4n) is 2.81. The maximum Gasteiger partial charge on any atom is 0.345 e. The Labute approximate surface area is 176 Å². The first kappa shape index (κ1) is 22.7. The van der Waals surface area contributed by atoms with Crippen LogP contribution in [-0.4, -0.2) is 85.0 Å². The minimum Gasteiger partial charge on any atom is -0.465 e. The minimum atomic E-state index is -0.744. The van der Waals surface area contributed by atoms with E-state index in [1.807, 2.05) is 0 Å². The van der Waals surface area contributed by atoms with Crippen LogP contribution in [0.2, 0.25) is 0 Å². The van der Waals surface area contributed by atoms with E-state index in [9.17, 15) is 15.0 Å². The van der Waals surface area contributed by atoms with E-state index < -0.39 is 18.2 Å². The van der Waals surface area contributed by atoms with Gasteiger partial charge in [0.05, 0.1) is 32.5 Å². The molecule has 168 valence electrons. The summed E-state index contributed by atoms with van der Waals surface area (Å²) in [6.07, 6.45) is 4.56. The summed E-state index contributed by atoms with van der Waals surface area (Å²) in [5.74, 6) is 1.10. The standard InChI is InChI=1S/C20H32N4O6/c1-28-20(27)17-18(21-6-15(25)10-29-8-13-2-3-13)23-12-24-19(17)22-7-16(26)11-30-9-14-4-5-14/h12-16,25-26H,2-11H2,1H3,(H2,21,22,23,24)/t15-,16+. The van der Waals surface area contributed by atoms with Crippen LogP contribution in [0.4, 0.5) is 11.6 Å². The number of esters is 1. The number of nitrogens with zero attached hydrogens (tertiary/aromatic N) is 2. The fourth-order valence-corrected chi connectivity index (χ4v) is 2.81. The Hall–Kier alpha value is -2.01. The van der Waals surface area contributed by atoms with Gasteiger partial charge in [0.1, 0.15) is 23.5 Å². The maximum atomic E-state index is 12.3. The highest BCUT2D eigenvalue weighted by atomic mass is 16.5. The summed E-state index contributed by atoms with van der Waals surface area (Å²) in [4.78, 5) is 20.5. The molecule has 2 saturated carbocycles. The Morgan fingerprint density at radius 1 is 1.00 bits per heavy atom. The van der Waals surface area contributed by atoms with Crippen LogP contribution >= 0.6 is 0 Å². The highest BCUT2D eigenvalue weighted by Crippen LogP contribution is 2.29. The summed E-state index contributed by atoms with van der Waals surface area (Å²) in [6, 6.07) is 0. The predicted molar refractivity (Wildman–Crippen MR) is 109 cm³/mol. The number of aromatic nitrogens is 2. The molecule has 1 aromatic heterocycles. The van der Waals surface area contributed by atoms with Gasteiger partial charge in [0, 0.05) is 26.3 Å². The van der Waals surface area contributed by atoms with Crippen LogP contribution in [0, 0.1) is 11.8 Å². The Bertz CT molecular complexity index is 637. The van der Waals surface area contributed by atoms with E-state index >= 15 is 0 Å². The number of carbonyl (C=O) groups is 1. The number of carbonyl (C=O) groups excluding carboxylic acids is 1. The van der Waals surface area contributed by atoms with Crippen molar-refractivity contribution in [2.45, 2.75) is 37.9 Å². The van der Waals surface area contributed by atoms with Gasteiger partial charge in [-0.2, -0.15) is 0 Å². The number of aliphatic hydroxyl groups excluding tert-OH is 2. The molecular formula is C20H32N4O6. The van der Waals surface area contributed by atoms with Crippen LogP contribution in [-0.2, 0) is 14.2 Å². The zero-order chi connectivity index (χ0) is 21.3. The molecule has 10 heteroatoms. The van der Waals surface area contributed by atoms with Crippen molar-refractivity contribution >= 4 is 17.6 Å². The highest BCUT2D eigenvalue weighted by Gasteiger charge is 2.24. The lowest BCUT2D eigenvalue weighted by Crippen LogP contribution is -2.28. The summed E-state index contributed by atoms with van der Waals surface area (Å²) in [7, 11) is 1.27. The first-order chi connectivity index (χ1) is 14.6. The van der Waals surface area contributed by atoms with Gasteiger partial charge < -0.3 is 35.1 Å². The quantitative estimate of drug-likeness (QED) is 0.297. The molecule has 4 N–H and O–H groups in total. The van der Waals surface area contributed by atoms with Gasteiger partial charge in [-0.05, 0) is 37.5 Å². The van der Waals surface area contributed by atoms with Crippen LogP contribution < -0.4 is 10.6 Å². The molecule has 0 spiro atoms. The van der Waals surface area contributed by atoms with Crippen molar-refractivity contribution in [3.8, 4) is 0 Å². The van der Waals surface area contributed by atoms with E-state index in [4.69, 9.17) is 14.2 Å². The lowest BCUT2D eigenvalue weighted by atomic mass is 10.2. The van der Waals surface area contributed by atoms with Crippen LogP contribution in [0.25, 0.3) is 0 Å².